The van der Waals surface area contributed by atoms with Crippen LogP contribution in [0, 0.1) is 0 Å². The van der Waals surface area contributed by atoms with Crippen molar-refractivity contribution in [2.24, 2.45) is 0 Å². The number of aromatic nitrogens is 1. The summed E-state index contributed by atoms with van der Waals surface area (Å²) in [7, 11) is 0. The number of rotatable bonds is 3. The molecule has 1 fully saturated rings. The van der Waals surface area contributed by atoms with E-state index < -0.39 is 11.1 Å². The summed E-state index contributed by atoms with van der Waals surface area (Å²) < 4.78 is 37.8. The van der Waals surface area contributed by atoms with Crippen LogP contribution in [0.25, 0.3) is 0 Å². The van der Waals surface area contributed by atoms with Gasteiger partial charge in [-0.05, 0) is 25.0 Å². The second kappa shape index (κ2) is 6.16. The van der Waals surface area contributed by atoms with Crippen LogP contribution in [0.5, 0.6) is 0 Å². The highest BCUT2D eigenvalue weighted by molar-refractivity contribution is 7.15. The van der Waals surface area contributed by atoms with Crippen LogP contribution in [0.2, 0.25) is 0 Å². The maximum atomic E-state index is 12.6. The standard InChI is InChI=1S/C15H16F3N3S/c16-15(17,18)13-9-19-14(22-13)20-11-5-4-8-21(10-11)12-6-2-1-3-7-12/h1-3,6-7,9,11H,4-5,8,10H2,(H,19,20). The fourth-order valence-electron chi connectivity index (χ4n) is 2.61. The van der Waals surface area contributed by atoms with Crippen LogP contribution in [0.3, 0.4) is 0 Å². The molecule has 0 saturated carbocycles. The Morgan fingerprint density at radius 1 is 1.23 bits per heavy atom. The maximum Gasteiger partial charge on any atom is 0.427 e. The first-order valence-corrected chi connectivity index (χ1v) is 7.93. The lowest BCUT2D eigenvalue weighted by Crippen LogP contribution is -2.42. The zero-order chi connectivity index (χ0) is 15.6. The third-order valence-corrected chi connectivity index (χ3v) is 4.63. The van der Waals surface area contributed by atoms with E-state index >= 15 is 0 Å². The highest BCUT2D eigenvalue weighted by Gasteiger charge is 2.33. The number of thiazole rings is 1. The molecule has 2 aromatic rings. The Morgan fingerprint density at radius 3 is 2.68 bits per heavy atom. The van der Waals surface area contributed by atoms with E-state index in [0.29, 0.717) is 16.5 Å². The van der Waals surface area contributed by atoms with Gasteiger partial charge in [0.25, 0.3) is 0 Å². The fraction of sp³-hybridized carbons (Fsp3) is 0.400. The summed E-state index contributed by atoms with van der Waals surface area (Å²) in [5.41, 5.74) is 1.14. The average Bonchev–Trinajstić information content (AvgIpc) is 2.97. The van der Waals surface area contributed by atoms with Crippen LogP contribution in [0.4, 0.5) is 24.0 Å². The molecule has 7 heteroatoms. The Labute approximate surface area is 130 Å². The van der Waals surface area contributed by atoms with Crippen molar-refractivity contribution >= 4 is 22.2 Å². The quantitative estimate of drug-likeness (QED) is 0.914. The third kappa shape index (κ3) is 3.52. The van der Waals surface area contributed by atoms with Crippen molar-refractivity contribution in [1.29, 1.82) is 0 Å². The van der Waals surface area contributed by atoms with Gasteiger partial charge < -0.3 is 10.2 Å². The molecule has 1 aliphatic heterocycles. The number of benzene rings is 1. The summed E-state index contributed by atoms with van der Waals surface area (Å²) in [5, 5.41) is 3.48. The van der Waals surface area contributed by atoms with Crippen LogP contribution in [-0.4, -0.2) is 24.1 Å². The van der Waals surface area contributed by atoms with Gasteiger partial charge in [0, 0.05) is 24.8 Å². The van der Waals surface area contributed by atoms with Gasteiger partial charge >= 0.3 is 6.18 Å². The lowest BCUT2D eigenvalue weighted by atomic mass is 10.1. The van der Waals surface area contributed by atoms with Crippen molar-refractivity contribution < 1.29 is 13.2 Å². The molecule has 0 bridgehead atoms. The molecule has 0 amide bonds. The molecule has 3 nitrogen and oxygen atoms in total. The molecule has 1 saturated heterocycles. The van der Waals surface area contributed by atoms with Crippen molar-refractivity contribution in [2.45, 2.75) is 25.1 Å². The Morgan fingerprint density at radius 2 is 2.00 bits per heavy atom. The van der Waals surface area contributed by atoms with E-state index in [1.54, 1.807) is 0 Å². The molecular formula is C15H16F3N3S. The van der Waals surface area contributed by atoms with E-state index in [9.17, 15) is 13.2 Å². The Bertz CT molecular complexity index is 612. The van der Waals surface area contributed by atoms with E-state index in [2.05, 4.69) is 15.2 Å². The predicted octanol–water partition coefficient (Wildman–Crippen LogP) is 4.24. The minimum atomic E-state index is -4.32. The zero-order valence-corrected chi connectivity index (χ0v) is 12.6. The Balaban J connectivity index is 1.64. The molecule has 0 aliphatic carbocycles. The number of hydrogen-bond donors (Lipinski definition) is 1. The first-order chi connectivity index (χ1) is 10.5. The number of alkyl halides is 3. The highest BCUT2D eigenvalue weighted by atomic mass is 32.1. The van der Waals surface area contributed by atoms with Gasteiger partial charge in [0.05, 0.1) is 6.20 Å². The number of anilines is 2. The van der Waals surface area contributed by atoms with Crippen molar-refractivity contribution in [3.63, 3.8) is 0 Å². The highest BCUT2D eigenvalue weighted by Crippen LogP contribution is 2.35. The van der Waals surface area contributed by atoms with Crippen LogP contribution in [-0.2, 0) is 6.18 Å². The average molecular weight is 327 g/mol. The summed E-state index contributed by atoms with van der Waals surface area (Å²) in [5.74, 6) is 0. The summed E-state index contributed by atoms with van der Waals surface area (Å²) >= 11 is 0.665. The molecule has 0 spiro atoms. The predicted molar refractivity (Wildman–Crippen MR) is 82.4 cm³/mol. The van der Waals surface area contributed by atoms with Gasteiger partial charge in [-0.2, -0.15) is 13.2 Å². The van der Waals surface area contributed by atoms with Gasteiger partial charge in [0.1, 0.15) is 4.88 Å². The molecule has 118 valence electrons. The summed E-state index contributed by atoms with van der Waals surface area (Å²) in [6, 6.07) is 10.2. The number of halogens is 3. The van der Waals surface area contributed by atoms with Gasteiger partial charge in [0.2, 0.25) is 0 Å². The van der Waals surface area contributed by atoms with E-state index in [1.165, 1.54) is 0 Å². The summed E-state index contributed by atoms with van der Waals surface area (Å²) in [4.78, 5) is 5.43. The van der Waals surface area contributed by atoms with Crippen LogP contribution >= 0.6 is 11.3 Å². The monoisotopic (exact) mass is 327 g/mol. The zero-order valence-electron chi connectivity index (χ0n) is 11.8. The lowest BCUT2D eigenvalue weighted by Gasteiger charge is -2.34. The summed E-state index contributed by atoms with van der Waals surface area (Å²) in [6.45, 7) is 1.73. The molecule has 0 radical (unpaired) electrons. The van der Waals surface area contributed by atoms with Gasteiger partial charge in [-0.15, -0.1) is 0 Å². The van der Waals surface area contributed by atoms with E-state index in [4.69, 9.17) is 0 Å². The minimum Gasteiger partial charge on any atom is -0.369 e. The minimum absolute atomic E-state index is 0.112. The first kappa shape index (κ1) is 15.1. The number of nitrogens with one attached hydrogen (secondary N) is 1. The van der Waals surface area contributed by atoms with Crippen molar-refractivity contribution in [3.8, 4) is 0 Å². The molecule has 1 N–H and O–H groups in total. The lowest BCUT2D eigenvalue weighted by molar-refractivity contribution is -0.134. The number of hydrogen-bond acceptors (Lipinski definition) is 4. The van der Waals surface area contributed by atoms with E-state index in [0.717, 1.165) is 37.8 Å². The Hall–Kier alpha value is -1.76. The second-order valence-electron chi connectivity index (χ2n) is 5.29. The van der Waals surface area contributed by atoms with Crippen LogP contribution in [0.15, 0.2) is 36.5 Å². The summed E-state index contributed by atoms with van der Waals surface area (Å²) in [6.07, 6.45) is -1.49. The van der Waals surface area contributed by atoms with Crippen LogP contribution in [0.1, 0.15) is 17.7 Å². The molecular weight excluding hydrogens is 311 g/mol. The third-order valence-electron chi connectivity index (χ3n) is 3.66. The second-order valence-corrected chi connectivity index (χ2v) is 6.32. The molecule has 1 aliphatic rings. The number of para-hydroxylation sites is 1. The van der Waals surface area contributed by atoms with Gasteiger partial charge in [-0.25, -0.2) is 4.98 Å². The topological polar surface area (TPSA) is 28.2 Å². The SMILES string of the molecule is FC(F)(F)c1cnc(NC2CCCN(c3ccccc3)C2)s1. The molecule has 1 atom stereocenters. The van der Waals surface area contributed by atoms with Crippen molar-refractivity contribution in [2.75, 3.05) is 23.3 Å². The van der Waals surface area contributed by atoms with E-state index in [-0.39, 0.29) is 6.04 Å². The van der Waals surface area contributed by atoms with Crippen molar-refractivity contribution in [3.05, 3.63) is 41.4 Å². The number of piperidine rings is 1. The largest absolute Gasteiger partial charge is 0.427 e. The van der Waals surface area contributed by atoms with Gasteiger partial charge in [-0.3, -0.25) is 0 Å². The van der Waals surface area contributed by atoms with E-state index in [1.807, 2.05) is 30.3 Å². The Kier molecular flexibility index (Phi) is 4.24. The molecule has 22 heavy (non-hydrogen) atoms. The molecule has 1 unspecified atom stereocenters. The van der Waals surface area contributed by atoms with Crippen molar-refractivity contribution in [1.82, 2.24) is 4.98 Å². The smallest absolute Gasteiger partial charge is 0.369 e. The molecule has 3 rings (SSSR count). The first-order valence-electron chi connectivity index (χ1n) is 7.12. The maximum absolute atomic E-state index is 12.6. The van der Waals surface area contributed by atoms with Gasteiger partial charge in [0.15, 0.2) is 5.13 Å². The molecule has 1 aromatic carbocycles. The molecule has 1 aromatic heterocycles. The normalized spacial score (nSPS) is 19.2. The number of nitrogens with zero attached hydrogens (tertiary/aromatic N) is 2. The fourth-order valence-corrected chi connectivity index (χ4v) is 3.38. The molecule has 2 heterocycles. The van der Waals surface area contributed by atoms with Gasteiger partial charge in [-0.1, -0.05) is 29.5 Å². The van der Waals surface area contributed by atoms with Crippen LogP contribution < -0.4 is 10.2 Å².